The summed E-state index contributed by atoms with van der Waals surface area (Å²) in [6.07, 6.45) is 0.827. The van der Waals surface area contributed by atoms with Gasteiger partial charge in [0.25, 0.3) is 0 Å². The van der Waals surface area contributed by atoms with Crippen LogP contribution in [-0.2, 0) is 0 Å². The van der Waals surface area contributed by atoms with E-state index in [1.165, 1.54) is 0 Å². The first kappa shape index (κ1) is 11.2. The van der Waals surface area contributed by atoms with E-state index in [9.17, 15) is 4.79 Å². The zero-order valence-corrected chi connectivity index (χ0v) is 9.51. The predicted octanol–water partition coefficient (Wildman–Crippen LogP) is 2.76. The highest BCUT2D eigenvalue weighted by molar-refractivity contribution is 5.81. The summed E-state index contributed by atoms with van der Waals surface area (Å²) >= 11 is 0. The topological polar surface area (TPSA) is 52.3 Å². The summed E-state index contributed by atoms with van der Waals surface area (Å²) in [7, 11) is 1.60. The van der Waals surface area contributed by atoms with Gasteiger partial charge in [-0.15, -0.1) is 0 Å². The number of hydrogen-bond donors (Lipinski definition) is 1. The van der Waals surface area contributed by atoms with E-state index in [-0.39, 0.29) is 0 Å². The molecule has 2 aromatic carbocycles. The summed E-state index contributed by atoms with van der Waals surface area (Å²) in [5.74, 6) is 0.702. The van der Waals surface area contributed by atoms with Crippen LogP contribution < -0.4 is 10.5 Å². The van der Waals surface area contributed by atoms with E-state index in [0.29, 0.717) is 17.0 Å². The van der Waals surface area contributed by atoms with Crippen molar-refractivity contribution in [2.24, 2.45) is 0 Å². The number of methoxy groups -OCH3 is 1. The Morgan fingerprint density at radius 3 is 2.71 bits per heavy atom. The number of nitrogen functional groups attached to an aromatic ring is 1. The van der Waals surface area contributed by atoms with Crippen molar-refractivity contribution in [1.82, 2.24) is 0 Å². The maximum atomic E-state index is 10.7. The van der Waals surface area contributed by atoms with Gasteiger partial charge in [-0.2, -0.15) is 0 Å². The Hall–Kier alpha value is -2.29. The van der Waals surface area contributed by atoms with Crippen LogP contribution in [0, 0.1) is 0 Å². The average molecular weight is 227 g/mol. The van der Waals surface area contributed by atoms with Gasteiger partial charge in [0.15, 0.2) is 0 Å². The zero-order chi connectivity index (χ0) is 12.3. The van der Waals surface area contributed by atoms with Gasteiger partial charge in [-0.1, -0.05) is 18.2 Å². The van der Waals surface area contributed by atoms with Gasteiger partial charge in [-0.25, -0.2) is 0 Å². The number of carbonyl (C=O) groups is 1. The summed E-state index contributed by atoms with van der Waals surface area (Å²) in [6, 6.07) is 12.8. The second kappa shape index (κ2) is 4.70. The van der Waals surface area contributed by atoms with Crippen molar-refractivity contribution < 1.29 is 9.53 Å². The van der Waals surface area contributed by atoms with Crippen molar-refractivity contribution >= 4 is 12.0 Å². The van der Waals surface area contributed by atoms with Crippen LogP contribution in [0.2, 0.25) is 0 Å². The van der Waals surface area contributed by atoms with Crippen LogP contribution in [0.3, 0.4) is 0 Å². The SMILES string of the molecule is COc1cc(N)ccc1-c1cccc(C=O)c1. The molecule has 0 aliphatic carbocycles. The smallest absolute Gasteiger partial charge is 0.150 e. The molecule has 0 radical (unpaired) electrons. The minimum atomic E-state index is 0.640. The number of rotatable bonds is 3. The lowest BCUT2D eigenvalue weighted by molar-refractivity contribution is 0.112. The van der Waals surface area contributed by atoms with Crippen molar-refractivity contribution in [1.29, 1.82) is 0 Å². The molecule has 0 spiro atoms. The van der Waals surface area contributed by atoms with E-state index >= 15 is 0 Å². The molecule has 0 unspecified atom stereocenters. The van der Waals surface area contributed by atoms with Gasteiger partial charge in [0.2, 0.25) is 0 Å². The average Bonchev–Trinajstić information content (AvgIpc) is 2.38. The highest BCUT2D eigenvalue weighted by atomic mass is 16.5. The number of benzene rings is 2. The first-order chi connectivity index (χ1) is 8.24. The van der Waals surface area contributed by atoms with Crippen LogP contribution in [0.15, 0.2) is 42.5 Å². The fraction of sp³-hybridized carbons (Fsp3) is 0.0714. The Labute approximate surface area is 99.8 Å². The van der Waals surface area contributed by atoms with Gasteiger partial charge in [0.1, 0.15) is 12.0 Å². The van der Waals surface area contributed by atoms with Crippen molar-refractivity contribution in [2.75, 3.05) is 12.8 Å². The van der Waals surface area contributed by atoms with Gasteiger partial charge in [-0.3, -0.25) is 4.79 Å². The van der Waals surface area contributed by atoms with Gasteiger partial charge in [-0.05, 0) is 23.8 Å². The molecule has 0 bridgehead atoms. The summed E-state index contributed by atoms with van der Waals surface area (Å²) in [5, 5.41) is 0. The van der Waals surface area contributed by atoms with Crippen molar-refractivity contribution in [3.05, 3.63) is 48.0 Å². The standard InChI is InChI=1S/C14H13NO2/c1-17-14-8-12(15)5-6-13(14)11-4-2-3-10(7-11)9-16/h2-9H,15H2,1H3. The molecule has 0 saturated heterocycles. The number of carbonyl (C=O) groups excluding carboxylic acids is 1. The van der Waals surface area contributed by atoms with Crippen LogP contribution in [0.5, 0.6) is 5.75 Å². The maximum Gasteiger partial charge on any atom is 0.150 e. The molecule has 0 atom stereocenters. The third-order valence-electron chi connectivity index (χ3n) is 2.56. The largest absolute Gasteiger partial charge is 0.496 e. The molecule has 0 amide bonds. The fourth-order valence-electron chi connectivity index (χ4n) is 1.73. The molecule has 3 heteroatoms. The van der Waals surface area contributed by atoms with E-state index in [2.05, 4.69) is 0 Å². The Balaban J connectivity index is 2.55. The van der Waals surface area contributed by atoms with Gasteiger partial charge in [0.05, 0.1) is 7.11 Å². The van der Waals surface area contributed by atoms with Crippen LogP contribution >= 0.6 is 0 Å². The summed E-state index contributed by atoms with van der Waals surface area (Å²) in [5.41, 5.74) is 8.85. The lowest BCUT2D eigenvalue weighted by Gasteiger charge is -2.09. The molecule has 0 aliphatic rings. The summed E-state index contributed by atoms with van der Waals surface area (Å²) in [6.45, 7) is 0. The van der Waals surface area contributed by atoms with E-state index in [1.807, 2.05) is 30.3 Å². The van der Waals surface area contributed by atoms with Crippen LogP contribution in [0.4, 0.5) is 5.69 Å². The molecule has 0 aliphatic heterocycles. The first-order valence-corrected chi connectivity index (χ1v) is 5.23. The summed E-state index contributed by atoms with van der Waals surface area (Å²) in [4.78, 5) is 10.7. The highest BCUT2D eigenvalue weighted by Gasteiger charge is 2.06. The molecule has 0 saturated carbocycles. The van der Waals surface area contributed by atoms with Crippen LogP contribution in [0.25, 0.3) is 11.1 Å². The van der Waals surface area contributed by atoms with Crippen LogP contribution in [0.1, 0.15) is 10.4 Å². The molecule has 17 heavy (non-hydrogen) atoms. The van der Waals surface area contributed by atoms with Crippen molar-refractivity contribution in [3.8, 4) is 16.9 Å². The van der Waals surface area contributed by atoms with E-state index < -0.39 is 0 Å². The lowest BCUT2D eigenvalue weighted by atomic mass is 10.0. The van der Waals surface area contributed by atoms with Crippen molar-refractivity contribution in [2.45, 2.75) is 0 Å². The molecule has 3 nitrogen and oxygen atoms in total. The minimum absolute atomic E-state index is 0.640. The zero-order valence-electron chi connectivity index (χ0n) is 9.51. The highest BCUT2D eigenvalue weighted by Crippen LogP contribution is 2.31. The lowest BCUT2D eigenvalue weighted by Crippen LogP contribution is -1.92. The Morgan fingerprint density at radius 1 is 1.18 bits per heavy atom. The van der Waals surface area contributed by atoms with E-state index in [4.69, 9.17) is 10.5 Å². The van der Waals surface area contributed by atoms with Gasteiger partial charge < -0.3 is 10.5 Å². The Kier molecular flexibility index (Phi) is 3.10. The molecule has 0 fully saturated rings. The molecular formula is C14H13NO2. The normalized spacial score (nSPS) is 9.94. The molecule has 2 aromatic rings. The predicted molar refractivity (Wildman–Crippen MR) is 68.2 cm³/mol. The fourth-order valence-corrected chi connectivity index (χ4v) is 1.73. The minimum Gasteiger partial charge on any atom is -0.496 e. The van der Waals surface area contributed by atoms with Crippen molar-refractivity contribution in [3.63, 3.8) is 0 Å². The quantitative estimate of drug-likeness (QED) is 0.648. The first-order valence-electron chi connectivity index (χ1n) is 5.23. The van der Waals surface area contributed by atoms with E-state index in [1.54, 1.807) is 19.2 Å². The van der Waals surface area contributed by atoms with Gasteiger partial charge >= 0.3 is 0 Å². The number of anilines is 1. The molecule has 0 aromatic heterocycles. The molecule has 2 rings (SSSR count). The third kappa shape index (κ3) is 2.28. The monoisotopic (exact) mass is 227 g/mol. The number of aldehydes is 1. The Bertz CT molecular complexity index is 550. The molecule has 86 valence electrons. The molecule has 0 heterocycles. The molecule has 2 N–H and O–H groups in total. The Morgan fingerprint density at radius 2 is 2.00 bits per heavy atom. The second-order valence-electron chi connectivity index (χ2n) is 3.70. The third-order valence-corrected chi connectivity index (χ3v) is 2.56. The van der Waals surface area contributed by atoms with E-state index in [0.717, 1.165) is 17.4 Å². The molecular weight excluding hydrogens is 214 g/mol. The number of ether oxygens (including phenoxy) is 1. The number of nitrogens with two attached hydrogens (primary N) is 1. The van der Waals surface area contributed by atoms with Gasteiger partial charge in [0, 0.05) is 22.9 Å². The van der Waals surface area contributed by atoms with Crippen LogP contribution in [-0.4, -0.2) is 13.4 Å². The summed E-state index contributed by atoms with van der Waals surface area (Å²) < 4.78 is 5.29. The maximum absolute atomic E-state index is 10.7. The second-order valence-corrected chi connectivity index (χ2v) is 3.70. The number of hydrogen-bond acceptors (Lipinski definition) is 3.